The molecular formula is C13H24N4. The molecule has 17 heavy (non-hydrogen) atoms. The number of nitrogens with zero attached hydrogens (tertiary/aromatic N) is 2. The largest absolute Gasteiger partial charge is 0.370 e. The van der Waals surface area contributed by atoms with Crippen LogP contribution in [0.4, 0.5) is 11.6 Å². The second-order valence-electron chi connectivity index (χ2n) is 5.35. The number of rotatable bonds is 5. The van der Waals surface area contributed by atoms with Gasteiger partial charge in [0.05, 0.1) is 0 Å². The van der Waals surface area contributed by atoms with E-state index < -0.39 is 0 Å². The number of hydrogen-bond acceptors (Lipinski definition) is 4. The SMILES string of the molecule is CCNc1cc(NCC(C)(C)C)nc(CC)n1. The van der Waals surface area contributed by atoms with Crippen molar-refractivity contribution in [3.63, 3.8) is 0 Å². The van der Waals surface area contributed by atoms with Crippen LogP contribution >= 0.6 is 0 Å². The fraction of sp³-hybridized carbons (Fsp3) is 0.692. The molecule has 0 aliphatic heterocycles. The Balaban J connectivity index is 2.79. The summed E-state index contributed by atoms with van der Waals surface area (Å²) in [4.78, 5) is 8.90. The van der Waals surface area contributed by atoms with Gasteiger partial charge in [-0.2, -0.15) is 0 Å². The van der Waals surface area contributed by atoms with Crippen molar-refractivity contribution in [3.05, 3.63) is 11.9 Å². The number of aromatic nitrogens is 2. The number of hydrogen-bond donors (Lipinski definition) is 2. The van der Waals surface area contributed by atoms with E-state index in [1.54, 1.807) is 0 Å². The first-order chi connectivity index (χ1) is 7.94. The monoisotopic (exact) mass is 236 g/mol. The third-order valence-electron chi connectivity index (χ3n) is 2.25. The molecule has 0 aliphatic rings. The molecule has 0 radical (unpaired) electrons. The Kier molecular flexibility index (Phi) is 4.73. The van der Waals surface area contributed by atoms with Crippen LogP contribution in [-0.2, 0) is 6.42 Å². The normalized spacial score (nSPS) is 11.4. The highest BCUT2D eigenvalue weighted by atomic mass is 15.1. The van der Waals surface area contributed by atoms with Gasteiger partial charge in [-0.25, -0.2) is 9.97 Å². The van der Waals surface area contributed by atoms with Gasteiger partial charge >= 0.3 is 0 Å². The zero-order chi connectivity index (χ0) is 12.9. The number of nitrogens with one attached hydrogen (secondary N) is 2. The molecule has 1 rings (SSSR count). The summed E-state index contributed by atoms with van der Waals surface area (Å²) in [5.41, 5.74) is 0.246. The quantitative estimate of drug-likeness (QED) is 0.825. The summed E-state index contributed by atoms with van der Waals surface area (Å²) in [5.74, 6) is 2.68. The van der Waals surface area contributed by atoms with E-state index in [9.17, 15) is 0 Å². The average Bonchev–Trinajstić information content (AvgIpc) is 2.25. The first-order valence-electron chi connectivity index (χ1n) is 6.30. The summed E-state index contributed by atoms with van der Waals surface area (Å²) in [7, 11) is 0. The van der Waals surface area contributed by atoms with E-state index in [-0.39, 0.29) is 5.41 Å². The van der Waals surface area contributed by atoms with Gasteiger partial charge < -0.3 is 10.6 Å². The topological polar surface area (TPSA) is 49.8 Å². The van der Waals surface area contributed by atoms with Crippen molar-refractivity contribution in [2.24, 2.45) is 5.41 Å². The highest BCUT2D eigenvalue weighted by molar-refractivity contribution is 5.47. The van der Waals surface area contributed by atoms with Crippen LogP contribution in [-0.4, -0.2) is 23.1 Å². The lowest BCUT2D eigenvalue weighted by Crippen LogP contribution is -2.20. The van der Waals surface area contributed by atoms with Crippen LogP contribution in [0.3, 0.4) is 0 Å². The van der Waals surface area contributed by atoms with Crippen molar-refractivity contribution in [2.45, 2.75) is 41.0 Å². The summed E-state index contributed by atoms with van der Waals surface area (Å²) in [6, 6.07) is 1.97. The molecule has 2 N–H and O–H groups in total. The Morgan fingerprint density at radius 3 is 2.12 bits per heavy atom. The summed E-state index contributed by atoms with van der Waals surface area (Å²) < 4.78 is 0. The first kappa shape index (κ1) is 13.7. The van der Waals surface area contributed by atoms with Crippen LogP contribution in [0.5, 0.6) is 0 Å². The van der Waals surface area contributed by atoms with Crippen LogP contribution in [0.15, 0.2) is 6.07 Å². The molecule has 0 amide bonds. The highest BCUT2D eigenvalue weighted by Crippen LogP contribution is 2.16. The predicted octanol–water partition coefficient (Wildman–Crippen LogP) is 2.93. The molecule has 0 bridgehead atoms. The summed E-state index contributed by atoms with van der Waals surface area (Å²) >= 11 is 0. The zero-order valence-corrected chi connectivity index (χ0v) is 11.6. The van der Waals surface area contributed by atoms with Crippen LogP contribution in [0.1, 0.15) is 40.4 Å². The Labute approximate surface area is 104 Å². The lowest BCUT2D eigenvalue weighted by molar-refractivity contribution is 0.442. The molecular weight excluding hydrogens is 212 g/mol. The fourth-order valence-electron chi connectivity index (χ4n) is 1.37. The summed E-state index contributed by atoms with van der Waals surface area (Å²) in [6.07, 6.45) is 0.851. The Morgan fingerprint density at radius 2 is 1.65 bits per heavy atom. The van der Waals surface area contributed by atoms with Gasteiger partial charge in [-0.15, -0.1) is 0 Å². The first-order valence-corrected chi connectivity index (χ1v) is 6.30. The predicted molar refractivity (Wildman–Crippen MR) is 73.5 cm³/mol. The van der Waals surface area contributed by atoms with E-state index in [0.29, 0.717) is 0 Å². The van der Waals surface area contributed by atoms with Crippen molar-refractivity contribution < 1.29 is 0 Å². The van der Waals surface area contributed by atoms with Crippen LogP contribution in [0.25, 0.3) is 0 Å². The third-order valence-corrected chi connectivity index (χ3v) is 2.25. The highest BCUT2D eigenvalue weighted by Gasteiger charge is 2.10. The second-order valence-corrected chi connectivity index (χ2v) is 5.35. The molecule has 0 saturated carbocycles. The van der Waals surface area contributed by atoms with Crippen LogP contribution in [0, 0.1) is 5.41 Å². The Bertz CT molecular complexity index is 355. The standard InChI is InChI=1S/C13H24N4/c1-6-10-16-11(14-7-2)8-12(17-10)15-9-13(3,4)5/h8H,6-7,9H2,1-5H3,(H2,14,15,16,17). The maximum absolute atomic E-state index is 4.47. The van der Waals surface area contributed by atoms with Crippen molar-refractivity contribution >= 4 is 11.6 Å². The van der Waals surface area contributed by atoms with Gasteiger partial charge in [0, 0.05) is 25.6 Å². The average molecular weight is 236 g/mol. The van der Waals surface area contributed by atoms with Gasteiger partial charge in [-0.05, 0) is 12.3 Å². The minimum atomic E-state index is 0.246. The molecule has 4 heteroatoms. The molecule has 0 spiro atoms. The lowest BCUT2D eigenvalue weighted by atomic mass is 9.97. The smallest absolute Gasteiger partial charge is 0.132 e. The maximum atomic E-state index is 4.47. The Hall–Kier alpha value is -1.32. The maximum Gasteiger partial charge on any atom is 0.132 e. The molecule has 1 aromatic rings. The van der Waals surface area contributed by atoms with E-state index >= 15 is 0 Å². The fourth-order valence-corrected chi connectivity index (χ4v) is 1.37. The molecule has 0 fully saturated rings. The minimum Gasteiger partial charge on any atom is -0.370 e. The molecule has 1 aromatic heterocycles. The van der Waals surface area contributed by atoms with Crippen LogP contribution < -0.4 is 10.6 Å². The molecule has 0 aliphatic carbocycles. The zero-order valence-electron chi connectivity index (χ0n) is 11.6. The van der Waals surface area contributed by atoms with Crippen molar-refractivity contribution in [1.82, 2.24) is 9.97 Å². The van der Waals surface area contributed by atoms with E-state index in [1.165, 1.54) is 0 Å². The van der Waals surface area contributed by atoms with Gasteiger partial charge in [0.2, 0.25) is 0 Å². The Morgan fingerprint density at radius 1 is 1.06 bits per heavy atom. The number of anilines is 2. The molecule has 0 aromatic carbocycles. The van der Waals surface area contributed by atoms with Crippen molar-refractivity contribution in [3.8, 4) is 0 Å². The van der Waals surface area contributed by atoms with Crippen molar-refractivity contribution in [2.75, 3.05) is 23.7 Å². The van der Waals surface area contributed by atoms with Gasteiger partial charge in [0.1, 0.15) is 17.5 Å². The summed E-state index contributed by atoms with van der Waals surface area (Å²) in [6.45, 7) is 12.5. The van der Waals surface area contributed by atoms with E-state index in [0.717, 1.165) is 37.0 Å². The second kappa shape index (κ2) is 5.84. The van der Waals surface area contributed by atoms with E-state index in [1.807, 2.05) is 6.07 Å². The van der Waals surface area contributed by atoms with Crippen molar-refractivity contribution in [1.29, 1.82) is 0 Å². The van der Waals surface area contributed by atoms with Crippen LogP contribution in [0.2, 0.25) is 0 Å². The lowest BCUT2D eigenvalue weighted by Gasteiger charge is -2.19. The third kappa shape index (κ3) is 5.02. The number of aryl methyl sites for hydroxylation is 1. The van der Waals surface area contributed by atoms with Gasteiger partial charge in [0.15, 0.2) is 0 Å². The molecule has 0 atom stereocenters. The summed E-state index contributed by atoms with van der Waals surface area (Å²) in [5, 5.41) is 6.60. The van der Waals surface area contributed by atoms with E-state index in [2.05, 4.69) is 55.2 Å². The van der Waals surface area contributed by atoms with E-state index in [4.69, 9.17) is 0 Å². The van der Waals surface area contributed by atoms with Gasteiger partial charge in [0.25, 0.3) is 0 Å². The molecule has 4 nitrogen and oxygen atoms in total. The molecule has 0 unspecified atom stereocenters. The molecule has 0 saturated heterocycles. The van der Waals surface area contributed by atoms with Gasteiger partial charge in [-0.3, -0.25) is 0 Å². The van der Waals surface area contributed by atoms with Gasteiger partial charge in [-0.1, -0.05) is 27.7 Å². The minimum absolute atomic E-state index is 0.246. The molecule has 96 valence electrons. The molecule has 1 heterocycles.